The average Bonchev–Trinajstić information content (AvgIpc) is 2.90. The molecule has 0 radical (unpaired) electrons. The number of anilines is 2. The molecule has 1 aliphatic carbocycles. The van der Waals surface area contributed by atoms with Crippen LogP contribution >= 0.6 is 0 Å². The fourth-order valence-corrected chi connectivity index (χ4v) is 3.70. The summed E-state index contributed by atoms with van der Waals surface area (Å²) >= 11 is 0. The van der Waals surface area contributed by atoms with E-state index in [-0.39, 0.29) is 17.4 Å². The van der Waals surface area contributed by atoms with E-state index in [0.717, 1.165) is 11.3 Å². The molecule has 0 bridgehead atoms. The highest BCUT2D eigenvalue weighted by molar-refractivity contribution is 6.21. The summed E-state index contributed by atoms with van der Waals surface area (Å²) in [5.74, 6) is -0.0215. The van der Waals surface area contributed by atoms with Crippen molar-refractivity contribution in [2.75, 3.05) is 10.6 Å². The van der Waals surface area contributed by atoms with Gasteiger partial charge in [0.2, 0.25) is 5.91 Å². The van der Waals surface area contributed by atoms with Crippen molar-refractivity contribution in [2.24, 2.45) is 0 Å². The largest absolute Gasteiger partial charge is 0.507 e. The third-order valence-electron chi connectivity index (χ3n) is 5.17. The number of amides is 1. The number of ketones is 1. The van der Waals surface area contributed by atoms with Gasteiger partial charge in [-0.2, -0.15) is 0 Å². The van der Waals surface area contributed by atoms with E-state index in [4.69, 9.17) is 0 Å². The van der Waals surface area contributed by atoms with Gasteiger partial charge in [-0.25, -0.2) is 0 Å². The van der Waals surface area contributed by atoms with E-state index >= 15 is 0 Å². The van der Waals surface area contributed by atoms with Crippen LogP contribution in [-0.2, 0) is 4.79 Å². The first kappa shape index (κ1) is 18.0. The van der Waals surface area contributed by atoms with Crippen molar-refractivity contribution in [1.82, 2.24) is 0 Å². The molecule has 0 aromatic heterocycles. The minimum atomic E-state index is -0.415. The standard InChI is InChI=1S/C23H22N2O3/c1-12(2)14-4-8-19-15(10-14)5-9-20(25-19)21-22(27)17-7-6-16(24-13(3)26)11-18(17)23(21)28/h4-12,20,25,27H,1-3H3,(H,24,26). The van der Waals surface area contributed by atoms with Crippen molar-refractivity contribution in [2.45, 2.75) is 32.7 Å². The second-order valence-electron chi connectivity index (χ2n) is 7.52. The smallest absolute Gasteiger partial charge is 0.221 e. The van der Waals surface area contributed by atoms with Crippen LogP contribution in [0.3, 0.4) is 0 Å². The van der Waals surface area contributed by atoms with Crippen molar-refractivity contribution in [3.05, 3.63) is 70.3 Å². The molecule has 1 heterocycles. The molecule has 5 nitrogen and oxygen atoms in total. The predicted octanol–water partition coefficient (Wildman–Crippen LogP) is 4.74. The van der Waals surface area contributed by atoms with Gasteiger partial charge in [-0.05, 0) is 47.4 Å². The van der Waals surface area contributed by atoms with Crippen molar-refractivity contribution < 1.29 is 14.7 Å². The van der Waals surface area contributed by atoms with Gasteiger partial charge in [0.05, 0.1) is 11.6 Å². The Balaban J connectivity index is 1.65. The number of carbonyl (C=O) groups excluding carboxylic acids is 2. The first-order valence-electron chi connectivity index (χ1n) is 9.33. The van der Waals surface area contributed by atoms with Gasteiger partial charge in [0.15, 0.2) is 5.78 Å². The van der Waals surface area contributed by atoms with Crippen LogP contribution in [0, 0.1) is 0 Å². The Morgan fingerprint density at radius 3 is 2.64 bits per heavy atom. The molecule has 28 heavy (non-hydrogen) atoms. The average molecular weight is 374 g/mol. The van der Waals surface area contributed by atoms with Crippen molar-refractivity contribution in [1.29, 1.82) is 0 Å². The molecule has 1 amide bonds. The van der Waals surface area contributed by atoms with Gasteiger partial charge in [-0.15, -0.1) is 0 Å². The molecule has 0 spiro atoms. The number of Topliss-reactive ketones (excluding diaryl/α,β-unsaturated/α-hetero) is 1. The van der Waals surface area contributed by atoms with Crippen LogP contribution in [0.1, 0.15) is 53.7 Å². The van der Waals surface area contributed by atoms with Gasteiger partial charge in [0, 0.05) is 29.4 Å². The Hall–Kier alpha value is -3.34. The first-order valence-corrected chi connectivity index (χ1v) is 9.33. The van der Waals surface area contributed by atoms with Gasteiger partial charge in [-0.1, -0.05) is 32.1 Å². The fourth-order valence-electron chi connectivity index (χ4n) is 3.70. The molecule has 2 aliphatic rings. The summed E-state index contributed by atoms with van der Waals surface area (Å²) in [7, 11) is 0. The fraction of sp³-hybridized carbons (Fsp3) is 0.217. The van der Waals surface area contributed by atoms with Gasteiger partial charge < -0.3 is 15.7 Å². The van der Waals surface area contributed by atoms with Crippen LogP contribution in [-0.4, -0.2) is 22.8 Å². The number of hydrogen-bond donors (Lipinski definition) is 3. The van der Waals surface area contributed by atoms with Gasteiger partial charge >= 0.3 is 0 Å². The van der Waals surface area contributed by atoms with Crippen LogP contribution in [0.25, 0.3) is 11.8 Å². The third kappa shape index (κ3) is 2.99. The Morgan fingerprint density at radius 1 is 1.14 bits per heavy atom. The second kappa shape index (κ2) is 6.68. The monoisotopic (exact) mass is 374 g/mol. The molecule has 0 fully saturated rings. The van der Waals surface area contributed by atoms with E-state index in [9.17, 15) is 14.7 Å². The summed E-state index contributed by atoms with van der Waals surface area (Å²) in [6.45, 7) is 5.71. The van der Waals surface area contributed by atoms with E-state index in [1.165, 1.54) is 12.5 Å². The van der Waals surface area contributed by atoms with Crippen LogP contribution in [0.15, 0.2) is 48.0 Å². The minimum absolute atomic E-state index is 0.0150. The summed E-state index contributed by atoms with van der Waals surface area (Å²) in [5, 5.41) is 16.7. The zero-order chi connectivity index (χ0) is 20.0. The normalized spacial score (nSPS) is 17.4. The Kier molecular flexibility index (Phi) is 4.30. The van der Waals surface area contributed by atoms with Crippen LogP contribution < -0.4 is 10.6 Å². The van der Waals surface area contributed by atoms with E-state index in [0.29, 0.717) is 28.3 Å². The number of aliphatic hydroxyl groups is 1. The van der Waals surface area contributed by atoms with E-state index in [1.54, 1.807) is 18.2 Å². The molecular weight excluding hydrogens is 352 g/mol. The number of carbonyl (C=O) groups is 2. The summed E-state index contributed by atoms with van der Waals surface area (Å²) in [5.41, 5.74) is 5.00. The van der Waals surface area contributed by atoms with Crippen LogP contribution in [0.5, 0.6) is 0 Å². The molecule has 142 valence electrons. The number of aliphatic hydroxyl groups excluding tert-OH is 1. The molecule has 1 atom stereocenters. The lowest BCUT2D eigenvalue weighted by Crippen LogP contribution is -2.26. The number of nitrogens with one attached hydrogen (secondary N) is 2. The molecule has 3 N–H and O–H groups in total. The molecule has 1 aliphatic heterocycles. The van der Waals surface area contributed by atoms with E-state index < -0.39 is 6.04 Å². The maximum Gasteiger partial charge on any atom is 0.221 e. The number of rotatable bonds is 3. The quantitative estimate of drug-likeness (QED) is 0.725. The zero-order valence-electron chi connectivity index (χ0n) is 16.0. The highest BCUT2D eigenvalue weighted by atomic mass is 16.3. The van der Waals surface area contributed by atoms with Crippen LogP contribution in [0.4, 0.5) is 11.4 Å². The van der Waals surface area contributed by atoms with Gasteiger partial charge in [-0.3, -0.25) is 9.59 Å². The summed E-state index contributed by atoms with van der Waals surface area (Å²) < 4.78 is 0. The summed E-state index contributed by atoms with van der Waals surface area (Å²) in [6.07, 6.45) is 3.89. The first-order chi connectivity index (χ1) is 13.3. The van der Waals surface area contributed by atoms with E-state index in [2.05, 4.69) is 36.6 Å². The minimum Gasteiger partial charge on any atom is -0.507 e. The number of hydrogen-bond acceptors (Lipinski definition) is 4. The zero-order valence-corrected chi connectivity index (χ0v) is 16.0. The molecule has 5 heteroatoms. The van der Waals surface area contributed by atoms with Crippen LogP contribution in [0.2, 0.25) is 0 Å². The second-order valence-corrected chi connectivity index (χ2v) is 7.52. The molecule has 0 saturated heterocycles. The Labute approximate surface area is 163 Å². The summed E-state index contributed by atoms with van der Waals surface area (Å²) in [4.78, 5) is 24.3. The Bertz CT molecular complexity index is 1060. The number of benzene rings is 2. The van der Waals surface area contributed by atoms with E-state index in [1.807, 2.05) is 18.2 Å². The molecule has 4 rings (SSSR count). The van der Waals surface area contributed by atoms with Gasteiger partial charge in [0.1, 0.15) is 5.76 Å². The van der Waals surface area contributed by atoms with Crippen molar-refractivity contribution >= 4 is 34.9 Å². The maximum absolute atomic E-state index is 13.0. The highest BCUT2D eigenvalue weighted by Gasteiger charge is 2.35. The summed E-state index contributed by atoms with van der Waals surface area (Å²) in [6, 6.07) is 10.8. The molecule has 2 aromatic carbocycles. The maximum atomic E-state index is 13.0. The highest BCUT2D eigenvalue weighted by Crippen LogP contribution is 2.37. The molecular formula is C23H22N2O3. The van der Waals surface area contributed by atoms with Gasteiger partial charge in [0.25, 0.3) is 0 Å². The number of fused-ring (bicyclic) bond motifs is 2. The third-order valence-corrected chi connectivity index (χ3v) is 5.17. The lowest BCUT2D eigenvalue weighted by Gasteiger charge is -2.24. The molecule has 1 unspecified atom stereocenters. The predicted molar refractivity (Wildman–Crippen MR) is 112 cm³/mol. The lowest BCUT2D eigenvalue weighted by atomic mass is 9.94. The van der Waals surface area contributed by atoms with Crippen molar-refractivity contribution in [3.63, 3.8) is 0 Å². The molecule has 0 saturated carbocycles. The topological polar surface area (TPSA) is 78.4 Å². The van der Waals surface area contributed by atoms with Crippen molar-refractivity contribution in [3.8, 4) is 0 Å². The SMILES string of the molecule is CC(=O)Nc1ccc2c(c1)C(=O)C(C1C=Cc3cc(C(C)C)ccc3N1)=C2O. The molecule has 2 aromatic rings. The lowest BCUT2D eigenvalue weighted by molar-refractivity contribution is -0.114. The Morgan fingerprint density at radius 2 is 1.93 bits per heavy atom.